The van der Waals surface area contributed by atoms with Crippen molar-refractivity contribution in [3.05, 3.63) is 15.9 Å². The number of piperidine rings is 1. The lowest BCUT2D eigenvalue weighted by Crippen LogP contribution is -2.45. The van der Waals surface area contributed by atoms with Crippen molar-refractivity contribution in [1.82, 2.24) is 4.31 Å². The van der Waals surface area contributed by atoms with E-state index in [9.17, 15) is 8.42 Å². The zero-order chi connectivity index (χ0) is 11.8. The molecule has 0 radical (unpaired) electrons. The molecule has 1 aliphatic rings. The minimum absolute atomic E-state index is 0. The molecule has 0 aliphatic carbocycles. The number of thiophene rings is 1. The lowest BCUT2D eigenvalue weighted by atomic mass is 10.1. The van der Waals surface area contributed by atoms with Gasteiger partial charge in [0.1, 0.15) is 4.21 Å². The average Bonchev–Trinajstić information content (AvgIpc) is 2.65. The van der Waals surface area contributed by atoms with Crippen LogP contribution in [0.3, 0.4) is 0 Å². The van der Waals surface area contributed by atoms with E-state index < -0.39 is 10.0 Å². The van der Waals surface area contributed by atoms with Crippen LogP contribution in [0.1, 0.15) is 12.8 Å². The van der Waals surface area contributed by atoms with Crippen LogP contribution in [-0.4, -0.2) is 31.9 Å². The van der Waals surface area contributed by atoms with Gasteiger partial charge in [-0.3, -0.25) is 0 Å². The van der Waals surface area contributed by atoms with E-state index in [4.69, 9.17) is 5.73 Å². The highest BCUT2D eigenvalue weighted by Gasteiger charge is 2.29. The maximum atomic E-state index is 12.2. The van der Waals surface area contributed by atoms with Crippen molar-refractivity contribution < 1.29 is 8.42 Å². The minimum Gasteiger partial charge on any atom is -0.327 e. The number of hydrogen-bond acceptors (Lipinski definition) is 4. The second-order valence-electron chi connectivity index (χ2n) is 3.82. The highest BCUT2D eigenvalue weighted by atomic mass is 79.9. The Morgan fingerprint density at radius 3 is 2.71 bits per heavy atom. The summed E-state index contributed by atoms with van der Waals surface area (Å²) in [5, 5.41) is 0. The van der Waals surface area contributed by atoms with Gasteiger partial charge in [-0.25, -0.2) is 8.42 Å². The van der Waals surface area contributed by atoms with E-state index in [1.807, 2.05) is 0 Å². The largest absolute Gasteiger partial charge is 0.327 e. The van der Waals surface area contributed by atoms with Crippen molar-refractivity contribution in [2.24, 2.45) is 5.73 Å². The van der Waals surface area contributed by atoms with Crippen LogP contribution in [0, 0.1) is 0 Å². The number of hydrogen-bond donors (Lipinski definition) is 1. The first kappa shape index (κ1) is 15.4. The molecule has 0 unspecified atom stereocenters. The zero-order valence-corrected chi connectivity index (χ0v) is 13.0. The second-order valence-corrected chi connectivity index (χ2v) is 8.45. The van der Waals surface area contributed by atoms with Gasteiger partial charge in [0.25, 0.3) is 10.0 Å². The Kier molecular flexibility index (Phi) is 5.42. The van der Waals surface area contributed by atoms with Gasteiger partial charge >= 0.3 is 0 Å². The Hall–Kier alpha value is 0.340. The SMILES string of the molecule is Cl.N[C@@H]1CCCN(S(=O)(=O)c2ccc(Br)s2)C1. The summed E-state index contributed by atoms with van der Waals surface area (Å²) < 4.78 is 27.1. The van der Waals surface area contributed by atoms with Crippen LogP contribution in [0.2, 0.25) is 0 Å². The molecular weight excluding hydrogens is 348 g/mol. The molecule has 8 heteroatoms. The molecule has 1 fully saturated rings. The van der Waals surface area contributed by atoms with Gasteiger partial charge in [-0.15, -0.1) is 23.7 Å². The number of nitrogens with two attached hydrogens (primary N) is 1. The fourth-order valence-electron chi connectivity index (χ4n) is 1.76. The van der Waals surface area contributed by atoms with E-state index >= 15 is 0 Å². The summed E-state index contributed by atoms with van der Waals surface area (Å²) in [6, 6.07) is 3.35. The quantitative estimate of drug-likeness (QED) is 0.877. The van der Waals surface area contributed by atoms with Gasteiger partial charge in [-0.2, -0.15) is 4.31 Å². The van der Waals surface area contributed by atoms with Crippen LogP contribution in [0.25, 0.3) is 0 Å². The molecule has 2 N–H and O–H groups in total. The summed E-state index contributed by atoms with van der Waals surface area (Å²) in [5.74, 6) is 0. The van der Waals surface area contributed by atoms with Gasteiger partial charge in [0, 0.05) is 19.1 Å². The van der Waals surface area contributed by atoms with E-state index in [0.717, 1.165) is 16.6 Å². The smallest absolute Gasteiger partial charge is 0.252 e. The summed E-state index contributed by atoms with van der Waals surface area (Å²) >= 11 is 4.51. The molecule has 4 nitrogen and oxygen atoms in total. The minimum atomic E-state index is -3.33. The van der Waals surface area contributed by atoms with Crippen LogP contribution in [0.4, 0.5) is 0 Å². The summed E-state index contributed by atoms with van der Waals surface area (Å²) in [7, 11) is -3.33. The average molecular weight is 362 g/mol. The van der Waals surface area contributed by atoms with Crippen molar-refractivity contribution in [2.45, 2.75) is 23.1 Å². The maximum absolute atomic E-state index is 12.2. The Morgan fingerprint density at radius 1 is 1.47 bits per heavy atom. The highest BCUT2D eigenvalue weighted by Crippen LogP contribution is 2.29. The maximum Gasteiger partial charge on any atom is 0.252 e. The Labute approximate surface area is 120 Å². The summed E-state index contributed by atoms with van der Waals surface area (Å²) in [6.45, 7) is 1.00. The van der Waals surface area contributed by atoms with Gasteiger partial charge in [0.2, 0.25) is 0 Å². The van der Waals surface area contributed by atoms with Crippen molar-refractivity contribution in [1.29, 1.82) is 0 Å². The van der Waals surface area contributed by atoms with Gasteiger partial charge in [-0.05, 0) is 40.9 Å². The van der Waals surface area contributed by atoms with Crippen LogP contribution in [0.5, 0.6) is 0 Å². The molecule has 1 aliphatic heterocycles. The van der Waals surface area contributed by atoms with Crippen molar-refractivity contribution >= 4 is 49.7 Å². The number of rotatable bonds is 2. The standard InChI is InChI=1S/C9H13BrN2O2S2.ClH/c10-8-3-4-9(15-8)16(13,14)12-5-1-2-7(11)6-12;/h3-4,7H,1-2,5-6,11H2;1H/t7-;/m1./s1. The predicted octanol–water partition coefficient (Wildman–Crippen LogP) is 2.04. The van der Waals surface area contributed by atoms with Crippen LogP contribution in [0.15, 0.2) is 20.1 Å². The van der Waals surface area contributed by atoms with Crippen LogP contribution >= 0.6 is 39.7 Å². The Bertz CT molecular complexity index is 477. The number of halogens is 2. The molecule has 0 bridgehead atoms. The van der Waals surface area contributed by atoms with E-state index in [1.54, 1.807) is 12.1 Å². The van der Waals surface area contributed by atoms with Gasteiger partial charge in [-0.1, -0.05) is 0 Å². The third kappa shape index (κ3) is 3.42. The molecule has 2 rings (SSSR count). The Balaban J connectivity index is 0.00000144. The van der Waals surface area contributed by atoms with Crippen molar-refractivity contribution in [3.63, 3.8) is 0 Å². The third-order valence-electron chi connectivity index (χ3n) is 2.56. The predicted molar refractivity (Wildman–Crippen MR) is 75.2 cm³/mol. The first-order valence-corrected chi connectivity index (χ1v) is 8.06. The van der Waals surface area contributed by atoms with Gasteiger partial charge in [0.05, 0.1) is 3.79 Å². The molecule has 98 valence electrons. The molecule has 1 atom stereocenters. The van der Waals surface area contributed by atoms with Crippen molar-refractivity contribution in [3.8, 4) is 0 Å². The molecule has 17 heavy (non-hydrogen) atoms. The number of sulfonamides is 1. The highest BCUT2D eigenvalue weighted by molar-refractivity contribution is 9.11. The summed E-state index contributed by atoms with van der Waals surface area (Å²) in [4.78, 5) is 0. The van der Waals surface area contributed by atoms with Gasteiger partial charge in [0.15, 0.2) is 0 Å². The molecule has 1 aromatic rings. The monoisotopic (exact) mass is 360 g/mol. The topological polar surface area (TPSA) is 63.4 Å². The molecular formula is C9H14BrClN2O2S2. The van der Waals surface area contributed by atoms with E-state index in [2.05, 4.69) is 15.9 Å². The molecule has 1 aromatic heterocycles. The van der Waals surface area contributed by atoms with E-state index in [1.165, 1.54) is 15.6 Å². The first-order chi connectivity index (χ1) is 7.50. The number of nitrogens with zero attached hydrogens (tertiary/aromatic N) is 1. The normalized spacial score (nSPS) is 22.1. The molecule has 0 spiro atoms. The third-order valence-corrected chi connectivity index (χ3v) is 6.52. The van der Waals surface area contributed by atoms with Gasteiger partial charge < -0.3 is 5.73 Å². The lowest BCUT2D eigenvalue weighted by molar-refractivity contribution is 0.316. The van der Waals surface area contributed by atoms with E-state index in [-0.39, 0.29) is 18.4 Å². The fraction of sp³-hybridized carbons (Fsp3) is 0.556. The zero-order valence-electron chi connectivity index (χ0n) is 9.00. The fourth-order valence-corrected chi connectivity index (χ4v) is 5.46. The van der Waals surface area contributed by atoms with Crippen LogP contribution in [-0.2, 0) is 10.0 Å². The summed E-state index contributed by atoms with van der Waals surface area (Å²) in [6.07, 6.45) is 1.74. The Morgan fingerprint density at radius 2 is 2.18 bits per heavy atom. The molecule has 2 heterocycles. The molecule has 1 saturated heterocycles. The summed E-state index contributed by atoms with van der Waals surface area (Å²) in [5.41, 5.74) is 5.79. The second kappa shape index (κ2) is 5.99. The lowest BCUT2D eigenvalue weighted by Gasteiger charge is -2.29. The van der Waals surface area contributed by atoms with E-state index in [0.29, 0.717) is 17.3 Å². The molecule has 0 saturated carbocycles. The molecule has 0 amide bonds. The molecule has 0 aromatic carbocycles. The first-order valence-electron chi connectivity index (χ1n) is 5.01. The van der Waals surface area contributed by atoms with Crippen LogP contribution < -0.4 is 5.73 Å². The van der Waals surface area contributed by atoms with Crippen molar-refractivity contribution in [2.75, 3.05) is 13.1 Å².